The molecule has 0 N–H and O–H groups in total. The summed E-state index contributed by atoms with van der Waals surface area (Å²) in [5.41, 5.74) is 4.85. The second kappa shape index (κ2) is 7.67. The van der Waals surface area contributed by atoms with Crippen molar-refractivity contribution in [2.45, 2.75) is 19.3 Å². The Kier molecular flexibility index (Phi) is 4.93. The van der Waals surface area contributed by atoms with E-state index < -0.39 is 0 Å². The maximum Gasteiger partial charge on any atom is 0.126 e. The van der Waals surface area contributed by atoms with Gasteiger partial charge in [0.25, 0.3) is 0 Å². The summed E-state index contributed by atoms with van der Waals surface area (Å²) in [4.78, 5) is 11.1. The van der Waals surface area contributed by atoms with Crippen LogP contribution < -0.4 is 0 Å². The molecule has 0 bridgehead atoms. The minimum atomic E-state index is 0.565. The lowest BCUT2D eigenvalue weighted by Crippen LogP contribution is -2.22. The van der Waals surface area contributed by atoms with Crippen molar-refractivity contribution in [3.63, 3.8) is 0 Å². The molecule has 1 atom stereocenters. The highest BCUT2D eigenvalue weighted by atomic mass is 16.3. The van der Waals surface area contributed by atoms with Gasteiger partial charge in [-0.2, -0.15) is 0 Å². The van der Waals surface area contributed by atoms with Crippen molar-refractivity contribution in [2.75, 3.05) is 19.6 Å². The van der Waals surface area contributed by atoms with Crippen LogP contribution in [0, 0.1) is 0 Å². The first kappa shape index (κ1) is 16.7. The molecule has 3 aromatic heterocycles. The summed E-state index contributed by atoms with van der Waals surface area (Å²) in [6.45, 7) is 5.37. The van der Waals surface area contributed by atoms with Crippen molar-refractivity contribution in [1.29, 1.82) is 0 Å². The van der Waals surface area contributed by atoms with Gasteiger partial charge in [0.15, 0.2) is 0 Å². The molecule has 1 aliphatic heterocycles. The van der Waals surface area contributed by atoms with Gasteiger partial charge in [0, 0.05) is 37.2 Å². The Morgan fingerprint density at radius 2 is 2.12 bits per heavy atom. The average Bonchev–Trinajstić information content (AvgIpc) is 3.35. The third kappa shape index (κ3) is 3.92. The minimum Gasteiger partial charge on any atom is -0.465 e. The Bertz CT molecular complexity index is 871. The average molecular weight is 345 g/mol. The third-order valence-corrected chi connectivity index (χ3v) is 4.91. The SMILES string of the molecule is C/C(=C\c1ccco1)CN1CC[C@@H](c2ccnc(-c3ccncc3)c2)C1. The second-order valence-electron chi connectivity index (χ2n) is 6.94. The normalized spacial score (nSPS) is 18.3. The summed E-state index contributed by atoms with van der Waals surface area (Å²) in [6, 6.07) is 12.3. The lowest BCUT2D eigenvalue weighted by Gasteiger charge is -2.17. The fraction of sp³-hybridized carbons (Fsp3) is 0.273. The van der Waals surface area contributed by atoms with E-state index in [4.69, 9.17) is 4.42 Å². The van der Waals surface area contributed by atoms with Crippen LogP contribution in [0.25, 0.3) is 17.3 Å². The number of pyridine rings is 2. The van der Waals surface area contributed by atoms with E-state index in [1.807, 2.05) is 42.9 Å². The Hall–Kier alpha value is -2.72. The molecule has 4 nitrogen and oxygen atoms in total. The van der Waals surface area contributed by atoms with Crippen molar-refractivity contribution in [1.82, 2.24) is 14.9 Å². The van der Waals surface area contributed by atoms with Crippen LogP contribution in [0.3, 0.4) is 0 Å². The monoisotopic (exact) mass is 345 g/mol. The van der Waals surface area contributed by atoms with E-state index >= 15 is 0 Å². The van der Waals surface area contributed by atoms with Gasteiger partial charge < -0.3 is 4.42 Å². The number of hydrogen-bond donors (Lipinski definition) is 0. The fourth-order valence-corrected chi connectivity index (χ4v) is 3.64. The molecule has 0 aliphatic carbocycles. The molecular formula is C22H23N3O. The van der Waals surface area contributed by atoms with Crippen LogP contribution in [0.4, 0.5) is 0 Å². The number of hydrogen-bond acceptors (Lipinski definition) is 4. The van der Waals surface area contributed by atoms with Crippen LogP contribution in [0.15, 0.2) is 71.2 Å². The number of furan rings is 1. The smallest absolute Gasteiger partial charge is 0.126 e. The van der Waals surface area contributed by atoms with Crippen molar-refractivity contribution < 1.29 is 4.42 Å². The largest absolute Gasteiger partial charge is 0.465 e. The summed E-state index contributed by atoms with van der Waals surface area (Å²) >= 11 is 0. The maximum atomic E-state index is 5.41. The van der Waals surface area contributed by atoms with Crippen molar-refractivity contribution in [3.05, 3.63) is 78.1 Å². The lowest BCUT2D eigenvalue weighted by molar-refractivity contribution is 0.364. The van der Waals surface area contributed by atoms with Gasteiger partial charge in [0.1, 0.15) is 5.76 Å². The number of nitrogens with zero attached hydrogens (tertiary/aromatic N) is 3. The van der Waals surface area contributed by atoms with Gasteiger partial charge in [-0.05, 0) is 73.8 Å². The van der Waals surface area contributed by atoms with E-state index in [1.54, 1.807) is 6.26 Å². The van der Waals surface area contributed by atoms with Gasteiger partial charge in [-0.15, -0.1) is 0 Å². The molecule has 1 aliphatic rings. The zero-order chi connectivity index (χ0) is 17.8. The summed E-state index contributed by atoms with van der Waals surface area (Å²) in [5.74, 6) is 1.49. The molecule has 4 heterocycles. The molecule has 4 rings (SSSR count). The van der Waals surface area contributed by atoms with Gasteiger partial charge in [-0.3, -0.25) is 14.9 Å². The Morgan fingerprint density at radius 3 is 2.92 bits per heavy atom. The summed E-state index contributed by atoms with van der Waals surface area (Å²) < 4.78 is 5.41. The van der Waals surface area contributed by atoms with Crippen LogP contribution >= 0.6 is 0 Å². The highest BCUT2D eigenvalue weighted by Crippen LogP contribution is 2.29. The molecule has 0 radical (unpaired) electrons. The Balaban J connectivity index is 1.42. The van der Waals surface area contributed by atoms with E-state index in [0.29, 0.717) is 5.92 Å². The Labute approximate surface area is 154 Å². The molecule has 4 heteroatoms. The third-order valence-electron chi connectivity index (χ3n) is 4.91. The molecular weight excluding hydrogens is 322 g/mol. The van der Waals surface area contributed by atoms with Crippen LogP contribution in [-0.2, 0) is 0 Å². The van der Waals surface area contributed by atoms with Gasteiger partial charge in [-0.1, -0.05) is 5.57 Å². The van der Waals surface area contributed by atoms with E-state index in [1.165, 1.54) is 17.6 Å². The highest BCUT2D eigenvalue weighted by molar-refractivity contribution is 5.59. The number of aromatic nitrogens is 2. The predicted molar refractivity (Wildman–Crippen MR) is 104 cm³/mol. The first-order chi connectivity index (χ1) is 12.8. The minimum absolute atomic E-state index is 0.565. The summed E-state index contributed by atoms with van der Waals surface area (Å²) in [5, 5.41) is 0. The summed E-state index contributed by atoms with van der Waals surface area (Å²) in [7, 11) is 0. The maximum absolute atomic E-state index is 5.41. The molecule has 0 spiro atoms. The molecule has 3 aromatic rings. The van der Waals surface area contributed by atoms with E-state index in [9.17, 15) is 0 Å². The zero-order valence-electron chi connectivity index (χ0n) is 15.0. The van der Waals surface area contributed by atoms with Crippen LogP contribution in [0.2, 0.25) is 0 Å². The van der Waals surface area contributed by atoms with Crippen molar-refractivity contribution in [2.24, 2.45) is 0 Å². The fourth-order valence-electron chi connectivity index (χ4n) is 3.64. The zero-order valence-corrected chi connectivity index (χ0v) is 15.0. The van der Waals surface area contributed by atoms with E-state index in [-0.39, 0.29) is 0 Å². The highest BCUT2D eigenvalue weighted by Gasteiger charge is 2.24. The van der Waals surface area contributed by atoms with Crippen LogP contribution in [0.5, 0.6) is 0 Å². The molecule has 0 amide bonds. The molecule has 1 fully saturated rings. The lowest BCUT2D eigenvalue weighted by atomic mass is 9.97. The Morgan fingerprint density at radius 1 is 1.23 bits per heavy atom. The molecule has 26 heavy (non-hydrogen) atoms. The second-order valence-corrected chi connectivity index (χ2v) is 6.94. The molecule has 0 saturated carbocycles. The molecule has 1 saturated heterocycles. The van der Waals surface area contributed by atoms with Gasteiger partial charge in [0.2, 0.25) is 0 Å². The topological polar surface area (TPSA) is 42.2 Å². The van der Waals surface area contributed by atoms with E-state index in [0.717, 1.165) is 36.7 Å². The van der Waals surface area contributed by atoms with Crippen LogP contribution in [0.1, 0.15) is 30.6 Å². The van der Waals surface area contributed by atoms with Crippen LogP contribution in [-0.4, -0.2) is 34.5 Å². The standard InChI is InChI=1S/C22H23N3O/c1-17(13-21-3-2-12-26-21)15-25-11-7-20(16-25)19-6-10-24-22(14-19)18-4-8-23-9-5-18/h2-6,8-10,12-14,20H,7,11,15-16H2,1H3/b17-13+/t20-/m1/s1. The first-order valence-corrected chi connectivity index (χ1v) is 9.07. The molecule has 0 aromatic carbocycles. The quantitative estimate of drug-likeness (QED) is 0.676. The predicted octanol–water partition coefficient (Wildman–Crippen LogP) is 4.63. The molecule has 132 valence electrons. The van der Waals surface area contributed by atoms with Gasteiger partial charge >= 0.3 is 0 Å². The van der Waals surface area contributed by atoms with Crippen molar-refractivity contribution >= 4 is 6.08 Å². The van der Waals surface area contributed by atoms with Crippen molar-refractivity contribution in [3.8, 4) is 11.3 Å². The number of rotatable bonds is 5. The van der Waals surface area contributed by atoms with Gasteiger partial charge in [-0.25, -0.2) is 0 Å². The molecule has 0 unspecified atom stereocenters. The van der Waals surface area contributed by atoms with Gasteiger partial charge in [0.05, 0.1) is 12.0 Å². The number of likely N-dealkylation sites (tertiary alicyclic amines) is 1. The van der Waals surface area contributed by atoms with E-state index in [2.05, 4.69) is 40.0 Å². The summed E-state index contributed by atoms with van der Waals surface area (Å²) in [6.07, 6.45) is 10.6. The first-order valence-electron chi connectivity index (χ1n) is 9.07.